The number of nitrogens with one attached hydrogen (secondary N) is 2. The van der Waals surface area contributed by atoms with Crippen molar-refractivity contribution in [1.82, 2.24) is 15.3 Å². The first kappa shape index (κ1) is 20.0. The zero-order valence-corrected chi connectivity index (χ0v) is 17.7. The van der Waals surface area contributed by atoms with Gasteiger partial charge in [-0.1, -0.05) is 54.6 Å². The molecule has 32 heavy (non-hydrogen) atoms. The molecule has 1 aromatic heterocycles. The maximum absolute atomic E-state index is 12.6. The number of hydrogen-bond acceptors (Lipinski definition) is 3. The van der Waals surface area contributed by atoms with Gasteiger partial charge in [-0.3, -0.25) is 9.59 Å². The number of anilines is 1. The minimum absolute atomic E-state index is 0.000266. The van der Waals surface area contributed by atoms with Gasteiger partial charge in [-0.15, -0.1) is 0 Å². The van der Waals surface area contributed by atoms with Gasteiger partial charge in [0.15, 0.2) is 0 Å². The summed E-state index contributed by atoms with van der Waals surface area (Å²) in [5.74, 6) is 0.650. The van der Waals surface area contributed by atoms with Crippen molar-refractivity contribution in [2.24, 2.45) is 0 Å². The van der Waals surface area contributed by atoms with Gasteiger partial charge in [0.1, 0.15) is 12.4 Å². The van der Waals surface area contributed by atoms with Crippen LogP contribution in [-0.4, -0.2) is 28.3 Å². The summed E-state index contributed by atoms with van der Waals surface area (Å²) in [4.78, 5) is 34.7. The molecular weight excluding hydrogens is 400 g/mol. The van der Waals surface area contributed by atoms with E-state index in [0.29, 0.717) is 13.0 Å². The number of amides is 2. The van der Waals surface area contributed by atoms with Crippen molar-refractivity contribution >= 4 is 28.5 Å². The molecule has 2 N–H and O–H groups in total. The average molecular weight is 425 g/mol. The molecule has 0 unspecified atom stereocenters. The molecule has 0 bridgehead atoms. The van der Waals surface area contributed by atoms with Crippen LogP contribution in [-0.2, 0) is 22.6 Å². The second-order valence-electron chi connectivity index (χ2n) is 8.04. The molecule has 1 aliphatic heterocycles. The molecule has 0 spiro atoms. The first-order chi connectivity index (χ1) is 15.7. The Hall–Kier alpha value is -3.93. The van der Waals surface area contributed by atoms with Crippen LogP contribution < -0.4 is 10.2 Å². The summed E-state index contributed by atoms with van der Waals surface area (Å²) in [6, 6.07) is 23.7. The number of para-hydroxylation sites is 3. The van der Waals surface area contributed by atoms with E-state index in [0.717, 1.165) is 52.1 Å². The quantitative estimate of drug-likeness (QED) is 0.504. The topological polar surface area (TPSA) is 78.1 Å². The summed E-state index contributed by atoms with van der Waals surface area (Å²) in [6.45, 7) is 0.440. The number of carbonyl (C=O) groups excluding carboxylic acids is 2. The van der Waals surface area contributed by atoms with E-state index in [1.165, 1.54) is 0 Å². The summed E-state index contributed by atoms with van der Waals surface area (Å²) in [5, 5.41) is 2.94. The van der Waals surface area contributed by atoms with Crippen LogP contribution in [0.1, 0.15) is 24.0 Å². The smallest absolute Gasteiger partial charge is 0.240 e. The maximum Gasteiger partial charge on any atom is 0.240 e. The lowest BCUT2D eigenvalue weighted by molar-refractivity contribution is -0.123. The van der Waals surface area contributed by atoms with Gasteiger partial charge in [0.25, 0.3) is 0 Å². The fourth-order valence-electron chi connectivity index (χ4n) is 4.13. The molecule has 2 heterocycles. The molecule has 0 fully saturated rings. The zero-order valence-electron chi connectivity index (χ0n) is 17.7. The van der Waals surface area contributed by atoms with Crippen molar-refractivity contribution in [3.8, 4) is 11.4 Å². The lowest BCUT2D eigenvalue weighted by atomic mass is 10.1. The molecule has 3 aromatic carbocycles. The number of H-pyrrole nitrogens is 1. The molecule has 0 atom stereocenters. The molecule has 0 saturated heterocycles. The zero-order chi connectivity index (χ0) is 21.9. The lowest BCUT2D eigenvalue weighted by Gasteiger charge is -2.22. The Morgan fingerprint density at radius 1 is 0.969 bits per heavy atom. The number of aromatic amines is 1. The fraction of sp³-hybridized carbons (Fsp3) is 0.192. The van der Waals surface area contributed by atoms with Gasteiger partial charge in [-0.05, 0) is 42.2 Å². The Labute approximate surface area is 186 Å². The molecule has 160 valence electrons. The van der Waals surface area contributed by atoms with Gasteiger partial charge >= 0.3 is 0 Å². The van der Waals surface area contributed by atoms with E-state index in [1.54, 1.807) is 4.90 Å². The van der Waals surface area contributed by atoms with Gasteiger partial charge in [-0.2, -0.15) is 0 Å². The van der Waals surface area contributed by atoms with E-state index < -0.39 is 0 Å². The van der Waals surface area contributed by atoms with Gasteiger partial charge < -0.3 is 15.2 Å². The van der Waals surface area contributed by atoms with Crippen molar-refractivity contribution in [2.45, 2.75) is 25.8 Å². The molecule has 6 nitrogen and oxygen atoms in total. The molecule has 2 amide bonds. The van der Waals surface area contributed by atoms with Crippen molar-refractivity contribution in [3.05, 3.63) is 83.9 Å². The minimum Gasteiger partial charge on any atom is -0.350 e. The highest BCUT2D eigenvalue weighted by atomic mass is 16.2. The van der Waals surface area contributed by atoms with Crippen LogP contribution in [0.2, 0.25) is 0 Å². The number of imidazole rings is 1. The highest BCUT2D eigenvalue weighted by Crippen LogP contribution is 2.26. The molecule has 0 aliphatic carbocycles. The molecule has 6 heteroatoms. The van der Waals surface area contributed by atoms with E-state index in [-0.39, 0.29) is 18.4 Å². The van der Waals surface area contributed by atoms with Crippen LogP contribution in [0, 0.1) is 0 Å². The Morgan fingerprint density at radius 2 is 1.75 bits per heavy atom. The van der Waals surface area contributed by atoms with Crippen molar-refractivity contribution in [3.63, 3.8) is 0 Å². The van der Waals surface area contributed by atoms with Crippen LogP contribution in [0.5, 0.6) is 0 Å². The Morgan fingerprint density at radius 3 is 2.59 bits per heavy atom. The van der Waals surface area contributed by atoms with E-state index in [9.17, 15) is 9.59 Å². The van der Waals surface area contributed by atoms with Crippen LogP contribution in [0.15, 0.2) is 72.8 Å². The average Bonchev–Trinajstić information content (AvgIpc) is 3.19. The number of rotatable bonds is 5. The van der Waals surface area contributed by atoms with E-state index in [2.05, 4.69) is 15.3 Å². The highest BCUT2D eigenvalue weighted by molar-refractivity contribution is 5.99. The number of carbonyl (C=O) groups is 2. The van der Waals surface area contributed by atoms with Gasteiger partial charge in [0, 0.05) is 24.2 Å². The lowest BCUT2D eigenvalue weighted by Crippen LogP contribution is -2.40. The second kappa shape index (κ2) is 8.67. The van der Waals surface area contributed by atoms with Crippen LogP contribution in [0.25, 0.3) is 22.4 Å². The molecule has 4 aromatic rings. The Kier molecular flexibility index (Phi) is 5.42. The Balaban J connectivity index is 1.23. The number of fused-ring (bicyclic) bond motifs is 2. The van der Waals surface area contributed by atoms with E-state index >= 15 is 0 Å². The largest absolute Gasteiger partial charge is 0.350 e. The third kappa shape index (κ3) is 4.12. The highest BCUT2D eigenvalue weighted by Gasteiger charge is 2.23. The van der Waals surface area contributed by atoms with Gasteiger partial charge in [-0.25, -0.2) is 4.98 Å². The van der Waals surface area contributed by atoms with E-state index in [1.807, 2.05) is 72.8 Å². The SMILES string of the molecule is O=C(CN1C(=O)CCCc2ccccc21)NCc1ccc(-c2nc3ccccc3[nH]2)cc1. The second-order valence-corrected chi connectivity index (χ2v) is 8.04. The summed E-state index contributed by atoms with van der Waals surface area (Å²) < 4.78 is 0. The first-order valence-electron chi connectivity index (χ1n) is 10.9. The number of aryl methyl sites for hydroxylation is 1. The first-order valence-corrected chi connectivity index (χ1v) is 10.9. The van der Waals surface area contributed by atoms with E-state index in [4.69, 9.17) is 0 Å². The third-order valence-electron chi connectivity index (χ3n) is 5.83. The summed E-state index contributed by atoms with van der Waals surface area (Å²) in [5.41, 5.74) is 5.88. The number of benzene rings is 3. The maximum atomic E-state index is 12.6. The predicted octanol–water partition coefficient (Wildman–Crippen LogP) is 4.22. The number of aromatic nitrogens is 2. The molecular formula is C26H24N4O2. The monoisotopic (exact) mass is 424 g/mol. The molecule has 0 radical (unpaired) electrons. The van der Waals surface area contributed by atoms with Crippen molar-refractivity contribution in [2.75, 3.05) is 11.4 Å². The fourth-order valence-corrected chi connectivity index (χ4v) is 4.13. The summed E-state index contributed by atoms with van der Waals surface area (Å²) in [7, 11) is 0. The third-order valence-corrected chi connectivity index (χ3v) is 5.83. The minimum atomic E-state index is -0.170. The normalized spacial score (nSPS) is 13.6. The summed E-state index contributed by atoms with van der Waals surface area (Å²) in [6.07, 6.45) is 2.13. The molecule has 1 aliphatic rings. The molecule has 0 saturated carbocycles. The van der Waals surface area contributed by atoms with Gasteiger partial charge in [0.05, 0.1) is 11.0 Å². The van der Waals surface area contributed by atoms with Crippen LogP contribution in [0.4, 0.5) is 5.69 Å². The van der Waals surface area contributed by atoms with Crippen LogP contribution in [0.3, 0.4) is 0 Å². The van der Waals surface area contributed by atoms with Crippen molar-refractivity contribution < 1.29 is 9.59 Å². The molecule has 5 rings (SSSR count). The predicted molar refractivity (Wildman–Crippen MR) is 125 cm³/mol. The summed E-state index contributed by atoms with van der Waals surface area (Å²) >= 11 is 0. The Bertz CT molecular complexity index is 1240. The van der Waals surface area contributed by atoms with Gasteiger partial charge in [0.2, 0.25) is 11.8 Å². The number of nitrogens with zero attached hydrogens (tertiary/aromatic N) is 2. The van der Waals surface area contributed by atoms with Crippen LogP contribution >= 0.6 is 0 Å². The standard InChI is InChI=1S/C26H24N4O2/c31-24(17-30-23-10-4-1-6-19(23)7-5-11-25(30)32)27-16-18-12-14-20(15-13-18)26-28-21-8-2-3-9-22(21)29-26/h1-4,6,8-10,12-15H,5,7,11,16-17H2,(H,27,31)(H,28,29). The number of hydrogen-bond donors (Lipinski definition) is 2. The van der Waals surface area contributed by atoms with Crippen molar-refractivity contribution in [1.29, 1.82) is 0 Å².